The highest BCUT2D eigenvalue weighted by Crippen LogP contribution is 2.17. The average Bonchev–Trinajstić information content (AvgIpc) is 2.83. The number of rotatable bonds is 8. The molecule has 0 radical (unpaired) electrons. The molecule has 1 N–H and O–H groups in total. The van der Waals surface area contributed by atoms with E-state index in [0.29, 0.717) is 40.1 Å². The van der Waals surface area contributed by atoms with E-state index in [1.54, 1.807) is 48.7 Å². The minimum atomic E-state index is -0.439. The van der Waals surface area contributed by atoms with Crippen molar-refractivity contribution in [1.29, 1.82) is 0 Å². The Morgan fingerprint density at radius 3 is 2.80 bits per heavy atom. The summed E-state index contributed by atoms with van der Waals surface area (Å²) in [7, 11) is 0. The maximum atomic E-state index is 13.3. The van der Waals surface area contributed by atoms with Crippen molar-refractivity contribution in [3.8, 4) is 5.75 Å². The first-order valence-electron chi connectivity index (χ1n) is 11.0. The molecule has 4 rings (SSSR count). The minimum absolute atomic E-state index is 0.249. The van der Waals surface area contributed by atoms with Crippen molar-refractivity contribution in [3.05, 3.63) is 98.8 Å². The average molecular weight is 537 g/mol. The number of hydrogen-bond donors (Lipinski definition) is 1. The van der Waals surface area contributed by atoms with E-state index in [1.165, 1.54) is 22.9 Å². The molecule has 0 spiro atoms. The lowest BCUT2D eigenvalue weighted by atomic mass is 10.2. The number of carbonyl (C=O) groups is 1. The Labute approximate surface area is 209 Å². The molecule has 1 heterocycles. The van der Waals surface area contributed by atoms with Crippen LogP contribution < -0.4 is 15.6 Å². The van der Waals surface area contributed by atoms with E-state index in [-0.39, 0.29) is 12.2 Å². The van der Waals surface area contributed by atoms with Gasteiger partial charge in [-0.2, -0.15) is 9.78 Å². The first kappa shape index (κ1) is 24.3. The van der Waals surface area contributed by atoms with Gasteiger partial charge in [-0.1, -0.05) is 41.1 Å². The van der Waals surface area contributed by atoms with Gasteiger partial charge in [0.2, 0.25) is 0 Å². The number of halogens is 2. The highest BCUT2D eigenvalue weighted by Gasteiger charge is 2.11. The number of anilines is 1. The molecule has 3 aromatic carbocycles. The van der Waals surface area contributed by atoms with E-state index in [0.717, 1.165) is 10.9 Å². The number of nitrogens with one attached hydrogen (secondary N) is 1. The molecular formula is C26H22BrFN4O3. The zero-order valence-corrected chi connectivity index (χ0v) is 20.5. The molecular weight excluding hydrogens is 515 g/mol. The molecule has 0 saturated heterocycles. The Bertz CT molecular complexity index is 1470. The molecule has 0 fully saturated rings. The SMILES string of the molecule is CCCc1nc2ccc(Br)cc2c(=O)n1N=Cc1cccc(OCC(=O)Nc2cccc(F)c2)c1. The van der Waals surface area contributed by atoms with Gasteiger partial charge in [-0.15, -0.1) is 0 Å². The zero-order chi connectivity index (χ0) is 24.8. The molecule has 0 atom stereocenters. The van der Waals surface area contributed by atoms with Gasteiger partial charge >= 0.3 is 0 Å². The molecule has 0 unspecified atom stereocenters. The lowest BCUT2D eigenvalue weighted by Crippen LogP contribution is -2.22. The molecule has 0 aliphatic carbocycles. The molecule has 4 aromatic rings. The van der Waals surface area contributed by atoms with Gasteiger partial charge in [0.25, 0.3) is 11.5 Å². The third-order valence-corrected chi connectivity index (χ3v) is 5.50. The number of nitrogens with zero attached hydrogens (tertiary/aromatic N) is 3. The molecule has 9 heteroatoms. The van der Waals surface area contributed by atoms with E-state index in [2.05, 4.69) is 31.3 Å². The normalized spacial score (nSPS) is 11.2. The van der Waals surface area contributed by atoms with Crippen molar-refractivity contribution in [2.75, 3.05) is 11.9 Å². The highest BCUT2D eigenvalue weighted by atomic mass is 79.9. The third kappa shape index (κ3) is 6.19. The smallest absolute Gasteiger partial charge is 0.282 e. The van der Waals surface area contributed by atoms with Crippen LogP contribution in [0.25, 0.3) is 10.9 Å². The predicted molar refractivity (Wildman–Crippen MR) is 138 cm³/mol. The Morgan fingerprint density at radius 1 is 1.17 bits per heavy atom. The van der Waals surface area contributed by atoms with Crippen molar-refractivity contribution in [2.24, 2.45) is 5.10 Å². The molecule has 0 saturated carbocycles. The van der Waals surface area contributed by atoms with Gasteiger partial charge in [-0.25, -0.2) is 9.37 Å². The molecule has 0 aliphatic rings. The largest absolute Gasteiger partial charge is 0.484 e. The first-order chi connectivity index (χ1) is 16.9. The van der Waals surface area contributed by atoms with E-state index < -0.39 is 11.7 Å². The first-order valence-corrected chi connectivity index (χ1v) is 11.8. The van der Waals surface area contributed by atoms with Gasteiger partial charge < -0.3 is 10.1 Å². The van der Waals surface area contributed by atoms with E-state index in [4.69, 9.17) is 4.74 Å². The zero-order valence-electron chi connectivity index (χ0n) is 18.9. The predicted octanol–water partition coefficient (Wildman–Crippen LogP) is 5.15. The fourth-order valence-electron chi connectivity index (χ4n) is 3.42. The summed E-state index contributed by atoms with van der Waals surface area (Å²) in [6.45, 7) is 1.76. The number of ether oxygens (including phenoxy) is 1. The van der Waals surface area contributed by atoms with Crippen molar-refractivity contribution in [2.45, 2.75) is 19.8 Å². The lowest BCUT2D eigenvalue weighted by Gasteiger charge is -2.09. The van der Waals surface area contributed by atoms with Crippen LogP contribution in [0.15, 0.2) is 81.1 Å². The number of benzene rings is 3. The summed E-state index contributed by atoms with van der Waals surface area (Å²) in [6, 6.07) is 18.0. The summed E-state index contributed by atoms with van der Waals surface area (Å²) in [6.07, 6.45) is 2.96. The van der Waals surface area contributed by atoms with Gasteiger partial charge in [0, 0.05) is 16.6 Å². The van der Waals surface area contributed by atoms with Crippen LogP contribution in [-0.2, 0) is 11.2 Å². The van der Waals surface area contributed by atoms with E-state index in [1.807, 2.05) is 13.0 Å². The Kier molecular flexibility index (Phi) is 7.67. The molecule has 7 nitrogen and oxygen atoms in total. The van der Waals surface area contributed by atoms with E-state index in [9.17, 15) is 14.0 Å². The number of aryl methyl sites for hydroxylation is 1. The maximum absolute atomic E-state index is 13.3. The molecule has 178 valence electrons. The summed E-state index contributed by atoms with van der Waals surface area (Å²) in [5, 5.41) is 7.45. The summed E-state index contributed by atoms with van der Waals surface area (Å²) in [5.41, 5.74) is 1.40. The van der Waals surface area contributed by atoms with Crippen molar-refractivity contribution < 1.29 is 13.9 Å². The van der Waals surface area contributed by atoms with Gasteiger partial charge in [0.1, 0.15) is 17.4 Å². The summed E-state index contributed by atoms with van der Waals surface area (Å²) >= 11 is 3.40. The lowest BCUT2D eigenvalue weighted by molar-refractivity contribution is -0.118. The number of hydrogen-bond acceptors (Lipinski definition) is 5. The molecule has 0 bridgehead atoms. The molecule has 1 aromatic heterocycles. The Hall–Kier alpha value is -3.85. The monoisotopic (exact) mass is 536 g/mol. The van der Waals surface area contributed by atoms with Crippen LogP contribution in [0.1, 0.15) is 24.7 Å². The maximum Gasteiger partial charge on any atom is 0.282 e. The van der Waals surface area contributed by atoms with Crippen molar-refractivity contribution in [3.63, 3.8) is 0 Å². The Morgan fingerprint density at radius 2 is 2.00 bits per heavy atom. The fourth-order valence-corrected chi connectivity index (χ4v) is 3.78. The number of amides is 1. The number of aromatic nitrogens is 2. The molecule has 1 amide bonds. The Balaban J connectivity index is 1.51. The van der Waals surface area contributed by atoms with Crippen molar-refractivity contribution >= 4 is 44.6 Å². The fraction of sp³-hybridized carbons (Fsp3) is 0.154. The van der Waals surface area contributed by atoms with Gasteiger partial charge in [-0.3, -0.25) is 9.59 Å². The van der Waals surface area contributed by atoms with Crippen LogP contribution in [0, 0.1) is 5.82 Å². The molecule has 0 aliphatic heterocycles. The standard InChI is InChI=1S/C26H22BrFN4O3/c1-2-5-24-31-23-11-10-18(27)13-22(23)26(34)32(24)29-15-17-6-3-9-21(12-17)35-16-25(33)30-20-8-4-7-19(28)14-20/h3-4,6-15H,2,5,16H2,1H3,(H,30,33). The summed E-state index contributed by atoms with van der Waals surface area (Å²) < 4.78 is 20.9. The number of fused-ring (bicyclic) bond motifs is 1. The molecule has 35 heavy (non-hydrogen) atoms. The number of carbonyl (C=O) groups excluding carboxylic acids is 1. The third-order valence-electron chi connectivity index (χ3n) is 5.01. The van der Waals surface area contributed by atoms with Crippen LogP contribution in [-0.4, -0.2) is 28.4 Å². The van der Waals surface area contributed by atoms with Crippen molar-refractivity contribution in [1.82, 2.24) is 9.66 Å². The quantitative estimate of drug-likeness (QED) is 0.315. The van der Waals surface area contributed by atoms with Crippen LogP contribution in [0.2, 0.25) is 0 Å². The topological polar surface area (TPSA) is 85.6 Å². The minimum Gasteiger partial charge on any atom is -0.484 e. The second-order valence-electron chi connectivity index (χ2n) is 7.72. The summed E-state index contributed by atoms with van der Waals surface area (Å²) in [5.74, 6) is 0.167. The summed E-state index contributed by atoms with van der Waals surface area (Å²) in [4.78, 5) is 29.9. The second kappa shape index (κ2) is 11.1. The highest BCUT2D eigenvalue weighted by molar-refractivity contribution is 9.10. The van der Waals surface area contributed by atoms with Crippen LogP contribution >= 0.6 is 15.9 Å². The second-order valence-corrected chi connectivity index (χ2v) is 8.64. The van der Waals surface area contributed by atoms with Crippen LogP contribution in [0.4, 0.5) is 10.1 Å². The van der Waals surface area contributed by atoms with Crippen LogP contribution in [0.3, 0.4) is 0 Å². The van der Waals surface area contributed by atoms with Crippen LogP contribution in [0.5, 0.6) is 5.75 Å². The van der Waals surface area contributed by atoms with Gasteiger partial charge in [0.15, 0.2) is 6.61 Å². The van der Waals surface area contributed by atoms with Gasteiger partial charge in [-0.05, 0) is 60.5 Å². The van der Waals surface area contributed by atoms with E-state index >= 15 is 0 Å². The van der Waals surface area contributed by atoms with Gasteiger partial charge in [0.05, 0.1) is 17.1 Å².